The molecule has 0 amide bonds. The van der Waals surface area contributed by atoms with Gasteiger partial charge in [-0.3, -0.25) is 4.98 Å². The van der Waals surface area contributed by atoms with Crippen molar-refractivity contribution in [3.8, 4) is 5.88 Å². The fraction of sp³-hybridized carbons (Fsp3) is 0.364. The van der Waals surface area contributed by atoms with Crippen LogP contribution in [0.1, 0.15) is 17.6 Å². The van der Waals surface area contributed by atoms with E-state index in [0.717, 1.165) is 5.82 Å². The molecule has 0 radical (unpaired) electrons. The Morgan fingerprint density at radius 3 is 3.00 bits per heavy atom. The average Bonchev–Trinajstić information content (AvgIpc) is 2.79. The minimum Gasteiger partial charge on any atom is -0.478 e. The SMILES string of the molecule is CCOc1cc(NCc2cncs2)nc(C)n1. The van der Waals surface area contributed by atoms with Gasteiger partial charge in [0.05, 0.1) is 18.7 Å². The molecule has 6 heteroatoms. The Labute approximate surface area is 104 Å². The first-order chi connectivity index (χ1) is 8.28. The Morgan fingerprint density at radius 2 is 2.29 bits per heavy atom. The highest BCUT2D eigenvalue weighted by Crippen LogP contribution is 2.15. The van der Waals surface area contributed by atoms with Crippen LogP contribution in [0.3, 0.4) is 0 Å². The Morgan fingerprint density at radius 1 is 1.41 bits per heavy atom. The van der Waals surface area contributed by atoms with E-state index in [0.29, 0.717) is 24.9 Å². The molecule has 0 spiro atoms. The van der Waals surface area contributed by atoms with Crippen LogP contribution in [0.25, 0.3) is 0 Å². The molecule has 0 atom stereocenters. The zero-order valence-corrected chi connectivity index (χ0v) is 10.6. The van der Waals surface area contributed by atoms with Crippen molar-refractivity contribution in [1.29, 1.82) is 0 Å². The van der Waals surface area contributed by atoms with Gasteiger partial charge in [0.2, 0.25) is 5.88 Å². The van der Waals surface area contributed by atoms with Crippen LogP contribution in [0.4, 0.5) is 5.82 Å². The second kappa shape index (κ2) is 5.58. The van der Waals surface area contributed by atoms with Crippen LogP contribution in [0.15, 0.2) is 17.8 Å². The summed E-state index contributed by atoms with van der Waals surface area (Å²) in [5.74, 6) is 2.07. The van der Waals surface area contributed by atoms with Gasteiger partial charge >= 0.3 is 0 Å². The third-order valence-electron chi connectivity index (χ3n) is 2.03. The summed E-state index contributed by atoms with van der Waals surface area (Å²) in [6, 6.07) is 1.80. The highest BCUT2D eigenvalue weighted by molar-refractivity contribution is 7.09. The van der Waals surface area contributed by atoms with E-state index in [2.05, 4.69) is 20.3 Å². The van der Waals surface area contributed by atoms with E-state index in [1.165, 1.54) is 4.88 Å². The molecule has 0 bridgehead atoms. The summed E-state index contributed by atoms with van der Waals surface area (Å²) in [7, 11) is 0. The number of hydrogen-bond acceptors (Lipinski definition) is 6. The molecule has 5 nitrogen and oxygen atoms in total. The lowest BCUT2D eigenvalue weighted by Crippen LogP contribution is -2.04. The number of ether oxygens (including phenoxy) is 1. The van der Waals surface area contributed by atoms with Crippen molar-refractivity contribution >= 4 is 17.2 Å². The van der Waals surface area contributed by atoms with E-state index >= 15 is 0 Å². The molecule has 0 saturated heterocycles. The molecular weight excluding hydrogens is 236 g/mol. The number of rotatable bonds is 5. The standard InChI is InChI=1S/C11H14N4OS/c1-3-16-11-4-10(14-8(2)15-11)13-6-9-5-12-7-17-9/h4-5,7H,3,6H2,1-2H3,(H,13,14,15). The van der Waals surface area contributed by atoms with Crippen molar-refractivity contribution in [3.63, 3.8) is 0 Å². The molecule has 2 heterocycles. The van der Waals surface area contributed by atoms with Crippen molar-refractivity contribution in [2.24, 2.45) is 0 Å². The van der Waals surface area contributed by atoms with Crippen LogP contribution in [-0.4, -0.2) is 21.6 Å². The maximum absolute atomic E-state index is 5.36. The minimum absolute atomic E-state index is 0.602. The fourth-order valence-electron chi connectivity index (χ4n) is 1.36. The number of nitrogens with one attached hydrogen (secondary N) is 1. The number of aryl methyl sites for hydroxylation is 1. The third kappa shape index (κ3) is 3.39. The minimum atomic E-state index is 0.602. The normalized spacial score (nSPS) is 10.2. The number of thiazole rings is 1. The van der Waals surface area contributed by atoms with Gasteiger partial charge in [0, 0.05) is 17.1 Å². The summed E-state index contributed by atoms with van der Waals surface area (Å²) in [5.41, 5.74) is 1.81. The maximum Gasteiger partial charge on any atom is 0.218 e. The predicted molar refractivity (Wildman–Crippen MR) is 67.4 cm³/mol. The van der Waals surface area contributed by atoms with Crippen LogP contribution in [0.2, 0.25) is 0 Å². The fourth-order valence-corrected chi connectivity index (χ4v) is 1.89. The summed E-state index contributed by atoms with van der Waals surface area (Å²) >= 11 is 1.61. The summed E-state index contributed by atoms with van der Waals surface area (Å²) in [5, 5.41) is 3.23. The lowest BCUT2D eigenvalue weighted by molar-refractivity contribution is 0.325. The molecule has 2 aromatic heterocycles. The van der Waals surface area contributed by atoms with E-state index in [1.807, 2.05) is 25.6 Å². The molecule has 0 aromatic carbocycles. The second-order valence-corrected chi connectivity index (χ2v) is 4.36. The Balaban J connectivity index is 2.04. The summed E-state index contributed by atoms with van der Waals surface area (Å²) in [6.45, 7) is 5.10. The van der Waals surface area contributed by atoms with Gasteiger partial charge in [-0.2, -0.15) is 4.98 Å². The zero-order valence-electron chi connectivity index (χ0n) is 9.80. The van der Waals surface area contributed by atoms with E-state index in [4.69, 9.17) is 4.74 Å². The van der Waals surface area contributed by atoms with Gasteiger partial charge in [-0.1, -0.05) is 0 Å². The van der Waals surface area contributed by atoms with Gasteiger partial charge < -0.3 is 10.1 Å². The first-order valence-electron chi connectivity index (χ1n) is 5.37. The molecule has 0 aliphatic heterocycles. The first-order valence-corrected chi connectivity index (χ1v) is 6.25. The molecule has 1 N–H and O–H groups in total. The molecule has 0 unspecified atom stereocenters. The lowest BCUT2D eigenvalue weighted by Gasteiger charge is -2.07. The molecule has 0 fully saturated rings. The molecule has 90 valence electrons. The smallest absolute Gasteiger partial charge is 0.218 e. The van der Waals surface area contributed by atoms with Gasteiger partial charge in [-0.05, 0) is 13.8 Å². The largest absolute Gasteiger partial charge is 0.478 e. The summed E-state index contributed by atoms with van der Waals surface area (Å²) < 4.78 is 5.36. The Kier molecular flexibility index (Phi) is 3.87. The van der Waals surface area contributed by atoms with Gasteiger partial charge in [-0.15, -0.1) is 11.3 Å². The third-order valence-corrected chi connectivity index (χ3v) is 2.81. The van der Waals surface area contributed by atoms with Crippen LogP contribution >= 0.6 is 11.3 Å². The van der Waals surface area contributed by atoms with Crippen LogP contribution in [-0.2, 0) is 6.54 Å². The zero-order chi connectivity index (χ0) is 12.1. The van der Waals surface area contributed by atoms with Crippen molar-refractivity contribution in [3.05, 3.63) is 28.5 Å². The monoisotopic (exact) mass is 250 g/mol. The van der Waals surface area contributed by atoms with Gasteiger partial charge in [0.25, 0.3) is 0 Å². The molecular formula is C11H14N4OS. The van der Waals surface area contributed by atoms with Gasteiger partial charge in [0.1, 0.15) is 11.6 Å². The average molecular weight is 250 g/mol. The van der Waals surface area contributed by atoms with Gasteiger partial charge in [0.15, 0.2) is 0 Å². The van der Waals surface area contributed by atoms with E-state index in [9.17, 15) is 0 Å². The number of aromatic nitrogens is 3. The Bertz CT molecular complexity index is 472. The molecule has 0 saturated carbocycles. The summed E-state index contributed by atoms with van der Waals surface area (Å²) in [4.78, 5) is 13.7. The van der Waals surface area contributed by atoms with Crippen molar-refractivity contribution in [2.45, 2.75) is 20.4 Å². The van der Waals surface area contributed by atoms with Crippen molar-refractivity contribution < 1.29 is 4.74 Å². The summed E-state index contributed by atoms with van der Waals surface area (Å²) in [6.07, 6.45) is 1.84. The quantitative estimate of drug-likeness (QED) is 0.882. The lowest BCUT2D eigenvalue weighted by atomic mass is 10.4. The van der Waals surface area contributed by atoms with Crippen LogP contribution in [0, 0.1) is 6.92 Å². The molecule has 0 aliphatic rings. The van der Waals surface area contributed by atoms with Crippen molar-refractivity contribution in [1.82, 2.24) is 15.0 Å². The van der Waals surface area contributed by atoms with Gasteiger partial charge in [-0.25, -0.2) is 4.98 Å². The molecule has 0 aliphatic carbocycles. The number of hydrogen-bond donors (Lipinski definition) is 1. The first kappa shape index (κ1) is 11.8. The van der Waals surface area contributed by atoms with E-state index < -0.39 is 0 Å². The molecule has 2 aromatic rings. The van der Waals surface area contributed by atoms with Crippen LogP contribution < -0.4 is 10.1 Å². The van der Waals surface area contributed by atoms with E-state index in [-0.39, 0.29) is 0 Å². The number of anilines is 1. The molecule has 2 rings (SSSR count). The molecule has 17 heavy (non-hydrogen) atoms. The predicted octanol–water partition coefficient (Wildman–Crippen LogP) is 2.25. The maximum atomic E-state index is 5.36. The van der Waals surface area contributed by atoms with E-state index in [1.54, 1.807) is 17.4 Å². The number of nitrogens with zero attached hydrogens (tertiary/aromatic N) is 3. The van der Waals surface area contributed by atoms with Crippen LogP contribution in [0.5, 0.6) is 5.88 Å². The highest BCUT2D eigenvalue weighted by Gasteiger charge is 2.02. The highest BCUT2D eigenvalue weighted by atomic mass is 32.1. The topological polar surface area (TPSA) is 59.9 Å². The van der Waals surface area contributed by atoms with Crippen molar-refractivity contribution in [2.75, 3.05) is 11.9 Å². The Hall–Kier alpha value is -1.69. The second-order valence-electron chi connectivity index (χ2n) is 3.39.